The first kappa shape index (κ1) is 19.2. The summed E-state index contributed by atoms with van der Waals surface area (Å²) in [6.07, 6.45) is 6.25. The summed E-state index contributed by atoms with van der Waals surface area (Å²) >= 11 is 0. The average Bonchev–Trinajstić information content (AvgIpc) is 2.25. The number of nitrogens with one attached hydrogen (secondary N) is 1. The van der Waals surface area contributed by atoms with Crippen molar-refractivity contribution in [2.24, 2.45) is 0 Å². The fraction of sp³-hybridized carbons (Fsp3) is 0.833. The number of rotatable bonds is 11. The molecule has 0 spiro atoms. The highest BCUT2D eigenvalue weighted by Crippen LogP contribution is 2.04. The molecule has 0 amide bonds. The Morgan fingerprint density at radius 2 is 1.72 bits per heavy atom. The second-order valence-corrected chi connectivity index (χ2v) is 4.19. The lowest BCUT2D eigenvalue weighted by Crippen LogP contribution is -2.46. The van der Waals surface area contributed by atoms with Crippen LogP contribution in [0.2, 0.25) is 0 Å². The van der Waals surface area contributed by atoms with Crippen molar-refractivity contribution in [3.05, 3.63) is 0 Å². The molecule has 0 aliphatic carbocycles. The Bertz CT molecular complexity index is 234. The van der Waals surface area contributed by atoms with Gasteiger partial charge in [-0.1, -0.05) is 39.0 Å². The number of carbonyl (C=O) groups excluding carboxylic acids is 1. The van der Waals surface area contributed by atoms with Crippen LogP contribution in [0.25, 0.3) is 0 Å². The smallest absolute Gasteiger partial charge is 0.305 e. The maximum absolute atomic E-state index is 10.6. The van der Waals surface area contributed by atoms with Crippen LogP contribution in [0.3, 0.4) is 0 Å². The number of quaternary nitrogens is 1. The molecule has 0 rings (SSSR count). The van der Waals surface area contributed by atoms with Crippen molar-refractivity contribution in [3.8, 4) is 0 Å². The van der Waals surface area contributed by atoms with E-state index in [4.69, 9.17) is 5.11 Å². The minimum Gasteiger partial charge on any atom is -0.548 e. The van der Waals surface area contributed by atoms with E-state index in [1.54, 1.807) is 0 Å². The lowest BCUT2D eigenvalue weighted by molar-refractivity contribution is -0.308. The van der Waals surface area contributed by atoms with Gasteiger partial charge in [0.25, 0.3) is 0 Å². The Balaban J connectivity index is 0. The van der Waals surface area contributed by atoms with E-state index in [1.807, 2.05) is 0 Å². The molecule has 0 aromatic heterocycles. The van der Waals surface area contributed by atoms with E-state index in [0.29, 0.717) is 6.54 Å². The summed E-state index contributed by atoms with van der Waals surface area (Å²) in [6, 6.07) is -1.08. The maximum atomic E-state index is 10.6. The van der Waals surface area contributed by atoms with Crippen LogP contribution in [-0.2, 0) is 9.59 Å². The predicted octanol–water partition coefficient (Wildman–Crippen LogP) is 0.906. The van der Waals surface area contributed by atoms with Gasteiger partial charge in [0.05, 0.1) is 18.4 Å². The van der Waals surface area contributed by atoms with Crippen molar-refractivity contribution < 1.29 is 19.8 Å². The molecule has 0 bridgehead atoms. The van der Waals surface area contributed by atoms with Crippen LogP contribution in [0, 0.1) is 0 Å². The molecule has 0 radical (unpaired) electrons. The molecule has 0 saturated heterocycles. The summed E-state index contributed by atoms with van der Waals surface area (Å²) in [4.78, 5) is 21.0. The highest BCUT2D eigenvalue weighted by molar-refractivity contribution is 5.79. The van der Waals surface area contributed by atoms with Gasteiger partial charge in [-0.15, -0.1) is 0 Å². The molecule has 0 aliphatic heterocycles. The number of hydrogen-bond acceptors (Lipinski definition) is 4. The van der Waals surface area contributed by atoms with Crippen LogP contribution < -0.4 is 16.6 Å². The van der Waals surface area contributed by atoms with Crippen LogP contribution in [0.1, 0.15) is 51.9 Å². The summed E-state index contributed by atoms with van der Waals surface area (Å²) in [6.45, 7) is 2.68. The fourth-order valence-electron chi connectivity index (χ4n) is 1.60. The highest BCUT2D eigenvalue weighted by atomic mass is 16.4. The Hall–Kier alpha value is -1.14. The van der Waals surface area contributed by atoms with Crippen LogP contribution in [0.15, 0.2) is 0 Å². The van der Waals surface area contributed by atoms with Crippen molar-refractivity contribution in [2.45, 2.75) is 57.9 Å². The third-order valence-corrected chi connectivity index (χ3v) is 2.58. The van der Waals surface area contributed by atoms with Crippen LogP contribution >= 0.6 is 0 Å². The lowest BCUT2D eigenvalue weighted by atomic mass is 10.1. The monoisotopic (exact) mass is 262 g/mol. The molecule has 0 aliphatic rings. The largest absolute Gasteiger partial charge is 0.548 e. The van der Waals surface area contributed by atoms with E-state index in [1.165, 1.54) is 19.3 Å². The third kappa shape index (κ3) is 11.3. The molecule has 0 heterocycles. The third-order valence-electron chi connectivity index (χ3n) is 2.58. The van der Waals surface area contributed by atoms with E-state index < -0.39 is 24.4 Å². The molecule has 6 N–H and O–H groups in total. The van der Waals surface area contributed by atoms with Gasteiger partial charge in [0.2, 0.25) is 0 Å². The second-order valence-electron chi connectivity index (χ2n) is 4.19. The lowest BCUT2D eigenvalue weighted by Gasteiger charge is -2.17. The van der Waals surface area contributed by atoms with Crippen molar-refractivity contribution in [1.29, 1.82) is 0 Å². The van der Waals surface area contributed by atoms with Gasteiger partial charge >= 0.3 is 5.97 Å². The maximum Gasteiger partial charge on any atom is 0.305 e. The van der Waals surface area contributed by atoms with Gasteiger partial charge in [-0.2, -0.15) is 0 Å². The zero-order valence-corrected chi connectivity index (χ0v) is 11.4. The first-order valence-corrected chi connectivity index (χ1v) is 6.24. The first-order valence-electron chi connectivity index (χ1n) is 6.24. The van der Waals surface area contributed by atoms with Crippen molar-refractivity contribution in [1.82, 2.24) is 11.5 Å². The van der Waals surface area contributed by atoms with E-state index in [0.717, 1.165) is 19.3 Å². The molecular formula is C12H26N2O4. The van der Waals surface area contributed by atoms with E-state index >= 15 is 0 Å². The van der Waals surface area contributed by atoms with E-state index in [9.17, 15) is 14.7 Å². The standard InChI is InChI=1S/C12H23NO4.H3N/c1-2-3-4-5-6-7-8-13-10(12(16)17)9-11(14)15;/h10,13H,2-9H2,1H3,(H,14,15)(H,16,17);1H3/t10-;/m0./s1. The second kappa shape index (κ2) is 12.3. The quantitative estimate of drug-likeness (QED) is 0.477. The van der Waals surface area contributed by atoms with Crippen molar-refractivity contribution in [3.63, 3.8) is 0 Å². The number of carbonyl (C=O) groups is 2. The molecule has 0 fully saturated rings. The van der Waals surface area contributed by atoms with Crippen LogP contribution in [-0.4, -0.2) is 29.6 Å². The molecule has 0 saturated carbocycles. The molecule has 108 valence electrons. The summed E-state index contributed by atoms with van der Waals surface area (Å²) in [5.41, 5.74) is 0. The molecule has 0 aromatic rings. The van der Waals surface area contributed by atoms with Gasteiger partial charge in [0.1, 0.15) is 0 Å². The Kier molecular flexibility index (Phi) is 13.1. The Morgan fingerprint density at radius 3 is 2.22 bits per heavy atom. The van der Waals surface area contributed by atoms with E-state index in [-0.39, 0.29) is 6.15 Å². The van der Waals surface area contributed by atoms with Gasteiger partial charge in [-0.3, -0.25) is 4.79 Å². The normalized spacial score (nSPS) is 11.6. The fourth-order valence-corrected chi connectivity index (χ4v) is 1.60. The van der Waals surface area contributed by atoms with Crippen molar-refractivity contribution in [2.75, 3.05) is 6.54 Å². The number of carboxylic acid groups (broad SMARTS) is 2. The number of hydrogen-bond donors (Lipinski definition) is 3. The molecule has 6 nitrogen and oxygen atoms in total. The Labute approximate surface area is 108 Å². The number of unbranched alkanes of at least 4 members (excludes halogenated alkanes) is 5. The van der Waals surface area contributed by atoms with Crippen molar-refractivity contribution >= 4 is 11.9 Å². The minimum absolute atomic E-state index is 0. The number of aliphatic carboxylic acids is 2. The number of carboxylic acids is 2. The first-order chi connectivity index (χ1) is 8.07. The molecule has 1 atom stereocenters. The van der Waals surface area contributed by atoms with Crippen LogP contribution in [0.5, 0.6) is 0 Å². The average molecular weight is 262 g/mol. The van der Waals surface area contributed by atoms with Gasteiger partial charge in [0, 0.05) is 0 Å². The van der Waals surface area contributed by atoms with Gasteiger partial charge in [-0.05, 0) is 13.0 Å². The highest BCUT2D eigenvalue weighted by Gasteiger charge is 2.12. The molecule has 0 unspecified atom stereocenters. The minimum atomic E-state index is -1.35. The van der Waals surface area contributed by atoms with Gasteiger partial charge in [0.15, 0.2) is 0 Å². The topological polar surface area (TPSA) is 126 Å². The van der Waals surface area contributed by atoms with Crippen LogP contribution in [0.4, 0.5) is 0 Å². The molecule has 0 aromatic carbocycles. The zero-order chi connectivity index (χ0) is 13.1. The molecular weight excluding hydrogens is 236 g/mol. The SMILES string of the molecule is CCCCCCCCN[C@@H](CC(=O)O)C(=O)[O-].[NH4+]. The molecule has 18 heavy (non-hydrogen) atoms. The zero-order valence-electron chi connectivity index (χ0n) is 11.4. The van der Waals surface area contributed by atoms with Gasteiger partial charge < -0.3 is 26.5 Å². The summed E-state index contributed by atoms with van der Waals surface area (Å²) in [5.74, 6) is -2.48. The Morgan fingerprint density at radius 1 is 1.17 bits per heavy atom. The molecule has 6 heteroatoms. The summed E-state index contributed by atoms with van der Waals surface area (Å²) in [7, 11) is 0. The summed E-state index contributed by atoms with van der Waals surface area (Å²) < 4.78 is 0. The predicted molar refractivity (Wildman–Crippen MR) is 68.4 cm³/mol. The van der Waals surface area contributed by atoms with E-state index in [2.05, 4.69) is 12.2 Å². The van der Waals surface area contributed by atoms with Gasteiger partial charge in [-0.25, -0.2) is 0 Å². The summed E-state index contributed by atoms with van der Waals surface area (Å²) in [5, 5.41) is 21.8.